The minimum absolute atomic E-state index is 0.187. The first-order valence-corrected chi connectivity index (χ1v) is 7.22. The van der Waals surface area contributed by atoms with Gasteiger partial charge in [0.1, 0.15) is 0 Å². The molecule has 0 saturated heterocycles. The van der Waals surface area contributed by atoms with Crippen LogP contribution in [0.5, 0.6) is 0 Å². The quantitative estimate of drug-likeness (QED) is 0.272. The van der Waals surface area contributed by atoms with Crippen molar-refractivity contribution in [1.82, 2.24) is 0 Å². The maximum atomic E-state index is 11.1. The molecule has 0 saturated carbocycles. The molecule has 0 heterocycles. The normalized spacial score (nSPS) is 11.7. The summed E-state index contributed by atoms with van der Waals surface area (Å²) in [6.07, 6.45) is 2.47. The second-order valence-electron chi connectivity index (χ2n) is 3.30. The number of carbonyl (C=O) groups excluding carboxylic acids is 2. The maximum Gasteiger partial charge on any atom is 0.500 e. The third-order valence-corrected chi connectivity index (χ3v) is 5.02. The van der Waals surface area contributed by atoms with Crippen molar-refractivity contribution in [3.63, 3.8) is 0 Å². The highest BCUT2D eigenvalue weighted by molar-refractivity contribution is 6.60. The Morgan fingerprint density at radius 3 is 2.11 bits per heavy atom. The maximum absolute atomic E-state index is 11.1. The van der Waals surface area contributed by atoms with Crippen LogP contribution in [0.2, 0.25) is 6.04 Å². The zero-order chi connectivity index (χ0) is 14.0. The Kier molecular flexibility index (Phi) is 8.21. The molecule has 0 radical (unpaired) electrons. The summed E-state index contributed by atoms with van der Waals surface area (Å²) in [5, 5.41) is 0. The molecule has 2 N–H and O–H groups in total. The van der Waals surface area contributed by atoms with Gasteiger partial charge in [-0.3, -0.25) is 4.79 Å². The van der Waals surface area contributed by atoms with Gasteiger partial charge in [0.15, 0.2) is 0 Å². The Hall–Kier alpha value is -1.22. The van der Waals surface area contributed by atoms with Crippen LogP contribution in [0.15, 0.2) is 12.2 Å². The van der Waals surface area contributed by atoms with E-state index in [1.54, 1.807) is 0 Å². The minimum Gasteiger partial charge on any atom is -0.463 e. The first-order chi connectivity index (χ1) is 8.49. The van der Waals surface area contributed by atoms with Gasteiger partial charge in [0, 0.05) is 39.5 Å². The van der Waals surface area contributed by atoms with E-state index in [9.17, 15) is 9.59 Å². The molecule has 0 rings (SSSR count). The molecule has 0 spiro atoms. The lowest BCUT2D eigenvalue weighted by molar-refractivity contribution is -0.138. The fraction of sp³-hybridized carbons (Fsp3) is 0.600. The van der Waals surface area contributed by atoms with Gasteiger partial charge in [-0.15, -0.1) is 0 Å². The number of esters is 1. The Labute approximate surface area is 107 Å². The summed E-state index contributed by atoms with van der Waals surface area (Å²) in [6.45, 7) is 0.187. The topological polar surface area (TPSA) is 97.1 Å². The van der Waals surface area contributed by atoms with Crippen molar-refractivity contribution in [3.8, 4) is 0 Å². The second-order valence-corrected chi connectivity index (χ2v) is 6.39. The van der Waals surface area contributed by atoms with Gasteiger partial charge in [-0.1, -0.05) is 0 Å². The van der Waals surface area contributed by atoms with Crippen molar-refractivity contribution in [2.45, 2.75) is 12.5 Å². The SMILES string of the molecule is CO[Si](CCCOC(=O)/C=C\C(N)=O)(OC)OC. The van der Waals surface area contributed by atoms with Gasteiger partial charge in [0.2, 0.25) is 5.91 Å². The van der Waals surface area contributed by atoms with E-state index in [-0.39, 0.29) is 6.61 Å². The second kappa shape index (κ2) is 8.81. The Bertz CT molecular complexity index is 294. The molecule has 0 aliphatic carbocycles. The lowest BCUT2D eigenvalue weighted by Crippen LogP contribution is -2.42. The highest BCUT2D eigenvalue weighted by Gasteiger charge is 2.36. The molecule has 0 atom stereocenters. The van der Waals surface area contributed by atoms with Crippen molar-refractivity contribution in [3.05, 3.63) is 12.2 Å². The minimum atomic E-state index is -2.61. The summed E-state index contributed by atoms with van der Waals surface area (Å²) in [6, 6.07) is 0.531. The third-order valence-electron chi connectivity index (χ3n) is 2.19. The number of carbonyl (C=O) groups is 2. The molecule has 7 nitrogen and oxygen atoms in total. The molecule has 1 amide bonds. The van der Waals surface area contributed by atoms with Crippen LogP contribution in [0, 0.1) is 0 Å². The van der Waals surface area contributed by atoms with Crippen molar-refractivity contribution < 1.29 is 27.6 Å². The van der Waals surface area contributed by atoms with E-state index in [0.717, 1.165) is 12.2 Å². The predicted molar refractivity (Wildman–Crippen MR) is 65.5 cm³/mol. The van der Waals surface area contributed by atoms with Crippen molar-refractivity contribution >= 4 is 20.7 Å². The van der Waals surface area contributed by atoms with Crippen molar-refractivity contribution in [2.24, 2.45) is 5.73 Å². The van der Waals surface area contributed by atoms with Crippen LogP contribution < -0.4 is 5.73 Å². The lowest BCUT2D eigenvalue weighted by Gasteiger charge is -2.23. The van der Waals surface area contributed by atoms with E-state index < -0.39 is 20.7 Å². The number of nitrogens with two attached hydrogens (primary N) is 1. The highest BCUT2D eigenvalue weighted by Crippen LogP contribution is 2.14. The first kappa shape index (κ1) is 16.8. The molecular weight excluding hydrogens is 258 g/mol. The number of hydrogen-bond donors (Lipinski definition) is 1. The summed E-state index contributed by atoms with van der Waals surface area (Å²) in [4.78, 5) is 21.4. The van der Waals surface area contributed by atoms with Gasteiger partial charge in [-0.05, 0) is 6.42 Å². The highest BCUT2D eigenvalue weighted by atomic mass is 28.4. The molecular formula is C10H19NO6Si. The summed E-state index contributed by atoms with van der Waals surface area (Å²) in [7, 11) is 1.93. The van der Waals surface area contributed by atoms with Gasteiger partial charge < -0.3 is 23.7 Å². The molecule has 0 aliphatic rings. The van der Waals surface area contributed by atoms with Crippen LogP contribution in [0.3, 0.4) is 0 Å². The van der Waals surface area contributed by atoms with E-state index in [1.165, 1.54) is 21.3 Å². The fourth-order valence-electron chi connectivity index (χ4n) is 1.22. The van der Waals surface area contributed by atoms with Crippen LogP contribution in [-0.4, -0.2) is 48.6 Å². The Balaban J connectivity index is 3.92. The van der Waals surface area contributed by atoms with E-state index in [2.05, 4.69) is 0 Å². The van der Waals surface area contributed by atoms with E-state index in [1.807, 2.05) is 0 Å². The van der Waals surface area contributed by atoms with Crippen LogP contribution in [-0.2, 0) is 27.6 Å². The molecule has 0 fully saturated rings. The summed E-state index contributed by atoms with van der Waals surface area (Å²) in [5.74, 6) is -1.31. The van der Waals surface area contributed by atoms with Crippen LogP contribution >= 0.6 is 0 Å². The monoisotopic (exact) mass is 277 g/mol. The molecule has 0 aromatic rings. The van der Waals surface area contributed by atoms with Gasteiger partial charge in [0.25, 0.3) is 0 Å². The Morgan fingerprint density at radius 2 is 1.67 bits per heavy atom. The average Bonchev–Trinajstić information content (AvgIpc) is 2.37. The average molecular weight is 277 g/mol. The van der Waals surface area contributed by atoms with Crippen LogP contribution in [0.4, 0.5) is 0 Å². The molecule has 0 aromatic carbocycles. The van der Waals surface area contributed by atoms with Crippen molar-refractivity contribution in [2.75, 3.05) is 27.9 Å². The molecule has 18 heavy (non-hydrogen) atoms. The number of rotatable bonds is 9. The smallest absolute Gasteiger partial charge is 0.463 e. The largest absolute Gasteiger partial charge is 0.500 e. The third kappa shape index (κ3) is 6.50. The zero-order valence-corrected chi connectivity index (χ0v) is 11.8. The van der Waals surface area contributed by atoms with Gasteiger partial charge >= 0.3 is 14.8 Å². The number of ether oxygens (including phenoxy) is 1. The van der Waals surface area contributed by atoms with E-state index in [0.29, 0.717) is 12.5 Å². The molecule has 0 aliphatic heterocycles. The molecule has 104 valence electrons. The standard InChI is InChI=1S/C10H19NO6Si/c1-14-18(15-2,16-3)8-4-7-17-10(13)6-5-9(11)12/h5-6H,4,7-8H2,1-3H3,(H2,11,12)/b6-5-. The van der Waals surface area contributed by atoms with Crippen molar-refractivity contribution in [1.29, 1.82) is 0 Å². The van der Waals surface area contributed by atoms with Crippen LogP contribution in [0.25, 0.3) is 0 Å². The van der Waals surface area contributed by atoms with E-state index >= 15 is 0 Å². The molecule has 8 heteroatoms. The van der Waals surface area contributed by atoms with Crippen LogP contribution in [0.1, 0.15) is 6.42 Å². The van der Waals surface area contributed by atoms with Gasteiger partial charge in [0.05, 0.1) is 6.61 Å². The van der Waals surface area contributed by atoms with E-state index in [4.69, 9.17) is 23.7 Å². The number of hydrogen-bond acceptors (Lipinski definition) is 6. The fourth-order valence-corrected chi connectivity index (χ4v) is 2.91. The molecule has 0 unspecified atom stereocenters. The first-order valence-electron chi connectivity index (χ1n) is 5.29. The summed E-state index contributed by atoms with van der Waals surface area (Å²) >= 11 is 0. The zero-order valence-electron chi connectivity index (χ0n) is 10.8. The lowest BCUT2D eigenvalue weighted by atomic mass is 10.5. The number of amides is 1. The van der Waals surface area contributed by atoms with Gasteiger partial charge in [-0.25, -0.2) is 4.79 Å². The molecule has 0 bridgehead atoms. The predicted octanol–water partition coefficient (Wildman–Crippen LogP) is -0.161. The number of primary amides is 1. The Morgan fingerprint density at radius 1 is 1.11 bits per heavy atom. The summed E-state index contributed by atoms with van der Waals surface area (Å²) in [5.41, 5.74) is 4.83. The molecule has 0 aromatic heterocycles. The van der Waals surface area contributed by atoms with Gasteiger partial charge in [-0.2, -0.15) is 0 Å². The summed E-state index contributed by atoms with van der Waals surface area (Å²) < 4.78 is 20.4.